The van der Waals surface area contributed by atoms with Gasteiger partial charge in [-0.15, -0.1) is 0 Å². The number of para-hydroxylation sites is 2. The highest BCUT2D eigenvalue weighted by Crippen LogP contribution is 2.41. The molecule has 0 fully saturated rings. The molecule has 0 radical (unpaired) electrons. The molecule has 1 aliphatic rings. The topological polar surface area (TPSA) is 73.7 Å². The summed E-state index contributed by atoms with van der Waals surface area (Å²) in [5, 5.41) is 0. The zero-order valence-electron chi connectivity index (χ0n) is 17.5. The maximum Gasteiger partial charge on any atom is 0.321 e. The van der Waals surface area contributed by atoms with Gasteiger partial charge in [-0.1, -0.05) is 24.3 Å². The molecule has 1 amide bonds. The molecular weight excluding hydrogens is 401 g/mol. The number of benzene rings is 2. The van der Waals surface area contributed by atoms with Crippen LogP contribution in [-0.2, 0) is 19.1 Å². The first-order valence-corrected chi connectivity index (χ1v) is 10.3. The summed E-state index contributed by atoms with van der Waals surface area (Å²) in [6.45, 7) is 2.62. The van der Waals surface area contributed by atoms with Crippen molar-refractivity contribution in [3.05, 3.63) is 59.9 Å². The lowest BCUT2D eigenvalue weighted by molar-refractivity contribution is -0.153. The number of anilines is 1. The molecule has 1 aliphatic heterocycles. The zero-order valence-corrected chi connectivity index (χ0v) is 17.5. The predicted octanol–water partition coefficient (Wildman–Crippen LogP) is 3.33. The minimum absolute atomic E-state index is 0.139. The Balaban J connectivity index is 1.94. The van der Waals surface area contributed by atoms with Gasteiger partial charge in [0.2, 0.25) is 11.9 Å². The average molecular weight is 425 g/mol. The maximum atomic E-state index is 14.1. The quantitative estimate of drug-likeness (QED) is 0.330. The number of rotatable bonds is 7. The number of carbonyl (C=O) groups is 2. The number of ether oxygens (including phenoxy) is 2. The number of aromatic nitrogens is 2. The maximum absolute atomic E-state index is 14.1. The molecule has 0 aliphatic carbocycles. The summed E-state index contributed by atoms with van der Waals surface area (Å²) in [5.41, 5.74) is 1.95. The number of esters is 1. The van der Waals surface area contributed by atoms with Crippen LogP contribution in [0, 0.1) is 11.7 Å². The van der Waals surface area contributed by atoms with Crippen LogP contribution < -0.4 is 4.90 Å². The first kappa shape index (κ1) is 21.0. The van der Waals surface area contributed by atoms with E-state index in [1.165, 1.54) is 17.0 Å². The number of nitrogens with zero attached hydrogens (tertiary/aromatic N) is 3. The Labute approximate surface area is 179 Å². The Morgan fingerprint density at radius 2 is 2.00 bits per heavy atom. The van der Waals surface area contributed by atoms with Gasteiger partial charge in [0.1, 0.15) is 5.82 Å². The van der Waals surface area contributed by atoms with Crippen molar-refractivity contribution in [2.45, 2.75) is 19.4 Å². The van der Waals surface area contributed by atoms with E-state index in [0.29, 0.717) is 36.6 Å². The Kier molecular flexibility index (Phi) is 5.99. The van der Waals surface area contributed by atoms with E-state index in [-0.39, 0.29) is 6.61 Å². The summed E-state index contributed by atoms with van der Waals surface area (Å²) in [6.07, 6.45) is 0.575. The number of hydrogen-bond acceptors (Lipinski definition) is 5. The van der Waals surface area contributed by atoms with Crippen molar-refractivity contribution < 1.29 is 23.5 Å². The molecule has 0 unspecified atom stereocenters. The van der Waals surface area contributed by atoms with Gasteiger partial charge < -0.3 is 14.0 Å². The van der Waals surface area contributed by atoms with E-state index in [4.69, 9.17) is 9.47 Å². The van der Waals surface area contributed by atoms with Crippen molar-refractivity contribution in [1.82, 2.24) is 9.55 Å². The fraction of sp³-hybridized carbons (Fsp3) is 0.348. The summed E-state index contributed by atoms with van der Waals surface area (Å²) < 4.78 is 26.4. The van der Waals surface area contributed by atoms with Crippen LogP contribution >= 0.6 is 0 Å². The van der Waals surface area contributed by atoms with Crippen molar-refractivity contribution in [1.29, 1.82) is 0 Å². The first-order valence-electron chi connectivity index (χ1n) is 10.3. The second kappa shape index (κ2) is 8.85. The van der Waals surface area contributed by atoms with E-state index in [2.05, 4.69) is 4.98 Å². The van der Waals surface area contributed by atoms with Crippen molar-refractivity contribution in [2.24, 2.45) is 5.92 Å². The van der Waals surface area contributed by atoms with Crippen LogP contribution in [0.3, 0.4) is 0 Å². The number of fused-ring (bicyclic) bond motifs is 3. The summed E-state index contributed by atoms with van der Waals surface area (Å²) in [7, 11) is 1.59. The molecule has 0 N–H and O–H groups in total. The predicted molar refractivity (Wildman–Crippen MR) is 113 cm³/mol. The highest BCUT2D eigenvalue weighted by molar-refractivity contribution is 6.08. The third-order valence-corrected chi connectivity index (χ3v) is 5.41. The van der Waals surface area contributed by atoms with E-state index < -0.39 is 29.7 Å². The second-order valence-corrected chi connectivity index (χ2v) is 7.34. The minimum Gasteiger partial charge on any atom is -0.465 e. The molecule has 162 valence electrons. The first-order chi connectivity index (χ1) is 15.1. The van der Waals surface area contributed by atoms with Crippen LogP contribution in [-0.4, -0.2) is 48.3 Å². The van der Waals surface area contributed by atoms with E-state index >= 15 is 0 Å². The molecule has 0 saturated carbocycles. The number of carbonyl (C=O) groups excluding carboxylic acids is 2. The van der Waals surface area contributed by atoms with Crippen molar-refractivity contribution in [3.8, 4) is 0 Å². The van der Waals surface area contributed by atoms with Gasteiger partial charge in [0.25, 0.3) is 0 Å². The number of imidazole rings is 1. The third kappa shape index (κ3) is 3.79. The molecule has 2 heterocycles. The summed E-state index contributed by atoms with van der Waals surface area (Å²) >= 11 is 0. The zero-order chi connectivity index (χ0) is 22.0. The SMILES string of the molecule is CCOC(=O)[C@H]1C(=O)N(CCCOC)c2nc3ccccc3n2[C@@H]1c1cccc(F)c1. The smallest absolute Gasteiger partial charge is 0.321 e. The Bertz CT molecular complexity index is 1110. The molecular formula is C23H24FN3O4. The van der Waals surface area contributed by atoms with Crippen molar-refractivity contribution in [3.63, 3.8) is 0 Å². The van der Waals surface area contributed by atoms with Gasteiger partial charge in [-0.05, 0) is 43.2 Å². The van der Waals surface area contributed by atoms with Crippen molar-refractivity contribution in [2.75, 3.05) is 31.8 Å². The standard InChI is InChI=1S/C23H24FN3O4/c1-3-31-22(29)19-20(15-8-6-9-16(24)14-15)27-18-11-5-4-10-17(18)25-23(27)26(21(19)28)12-7-13-30-2/h4-6,8-11,14,19-20H,3,7,12-13H2,1-2H3/t19-,20-/m1/s1. The molecule has 2 atom stereocenters. The summed E-state index contributed by atoms with van der Waals surface area (Å²) in [5.74, 6) is -2.22. The van der Waals surface area contributed by atoms with Gasteiger partial charge in [-0.25, -0.2) is 9.37 Å². The molecule has 7 nitrogen and oxygen atoms in total. The molecule has 2 aromatic carbocycles. The van der Waals surface area contributed by atoms with E-state index in [1.807, 2.05) is 28.8 Å². The average Bonchev–Trinajstić information content (AvgIpc) is 3.14. The van der Waals surface area contributed by atoms with Gasteiger partial charge in [0.15, 0.2) is 5.92 Å². The van der Waals surface area contributed by atoms with Crippen molar-refractivity contribution >= 4 is 28.9 Å². The Morgan fingerprint density at radius 1 is 1.19 bits per heavy atom. The van der Waals surface area contributed by atoms with Crippen LogP contribution in [0.5, 0.6) is 0 Å². The van der Waals surface area contributed by atoms with Gasteiger partial charge in [-0.3, -0.25) is 14.5 Å². The third-order valence-electron chi connectivity index (χ3n) is 5.41. The molecule has 0 saturated heterocycles. The second-order valence-electron chi connectivity index (χ2n) is 7.34. The van der Waals surface area contributed by atoms with Crippen LogP contribution in [0.4, 0.5) is 10.3 Å². The molecule has 0 bridgehead atoms. The molecule has 0 spiro atoms. The number of amides is 1. The lowest BCUT2D eigenvalue weighted by atomic mass is 9.89. The van der Waals surface area contributed by atoms with Gasteiger partial charge in [0.05, 0.1) is 23.7 Å². The normalized spacial score (nSPS) is 18.3. The number of halogens is 1. The molecule has 3 aromatic rings. The van der Waals surface area contributed by atoms with Gasteiger partial charge in [0, 0.05) is 20.3 Å². The summed E-state index contributed by atoms with van der Waals surface area (Å²) in [4.78, 5) is 32.8. The van der Waals surface area contributed by atoms with Crippen LogP contribution in [0.2, 0.25) is 0 Å². The lowest BCUT2D eigenvalue weighted by Gasteiger charge is -2.38. The molecule has 31 heavy (non-hydrogen) atoms. The van der Waals surface area contributed by atoms with E-state index in [0.717, 1.165) is 5.52 Å². The fourth-order valence-corrected chi connectivity index (χ4v) is 4.12. The fourth-order valence-electron chi connectivity index (χ4n) is 4.12. The molecule has 8 heteroatoms. The van der Waals surface area contributed by atoms with Gasteiger partial charge >= 0.3 is 5.97 Å². The monoisotopic (exact) mass is 425 g/mol. The highest BCUT2D eigenvalue weighted by atomic mass is 19.1. The Morgan fingerprint density at radius 3 is 2.74 bits per heavy atom. The van der Waals surface area contributed by atoms with E-state index in [1.54, 1.807) is 26.2 Å². The van der Waals surface area contributed by atoms with Crippen LogP contribution in [0.25, 0.3) is 11.0 Å². The van der Waals surface area contributed by atoms with Crippen LogP contribution in [0.1, 0.15) is 24.9 Å². The van der Waals surface area contributed by atoms with Gasteiger partial charge in [-0.2, -0.15) is 0 Å². The lowest BCUT2D eigenvalue weighted by Crippen LogP contribution is -2.50. The minimum atomic E-state index is -1.16. The number of hydrogen-bond donors (Lipinski definition) is 0. The molecule has 1 aromatic heterocycles. The molecule has 4 rings (SSSR count). The Hall–Kier alpha value is -3.26. The largest absolute Gasteiger partial charge is 0.465 e. The number of methoxy groups -OCH3 is 1. The van der Waals surface area contributed by atoms with E-state index in [9.17, 15) is 14.0 Å². The summed E-state index contributed by atoms with van der Waals surface area (Å²) in [6, 6.07) is 12.6. The highest BCUT2D eigenvalue weighted by Gasteiger charge is 2.47. The van der Waals surface area contributed by atoms with Crippen LogP contribution in [0.15, 0.2) is 48.5 Å².